The van der Waals surface area contributed by atoms with Gasteiger partial charge in [-0.25, -0.2) is 0 Å². The summed E-state index contributed by atoms with van der Waals surface area (Å²) in [6.45, 7) is 4.33. The van der Waals surface area contributed by atoms with Crippen LogP contribution < -0.4 is 5.32 Å². The molecule has 1 N–H and O–H groups in total. The molecule has 7 nitrogen and oxygen atoms in total. The van der Waals surface area contributed by atoms with Crippen LogP contribution in [0.15, 0.2) is 83.3 Å². The molecule has 0 spiro atoms. The van der Waals surface area contributed by atoms with Gasteiger partial charge in [-0.3, -0.25) is 24.1 Å². The average molecular weight is 605 g/mol. The van der Waals surface area contributed by atoms with Gasteiger partial charge in [-0.15, -0.1) is 0 Å². The lowest BCUT2D eigenvalue weighted by Gasteiger charge is -2.32. The summed E-state index contributed by atoms with van der Waals surface area (Å²) in [6.07, 6.45) is 1.52. The largest absolute Gasteiger partial charge is 0.352 e. The van der Waals surface area contributed by atoms with Crippen molar-refractivity contribution in [3.05, 3.63) is 106 Å². The van der Waals surface area contributed by atoms with Crippen molar-refractivity contribution in [1.82, 2.24) is 15.1 Å². The number of amides is 4. The van der Waals surface area contributed by atoms with Gasteiger partial charge < -0.3 is 10.2 Å². The smallest absolute Gasteiger partial charge is 0.261 e. The topological polar surface area (TPSA) is 86.8 Å². The summed E-state index contributed by atoms with van der Waals surface area (Å²) < 4.78 is 0.922. The Morgan fingerprint density at radius 1 is 0.875 bits per heavy atom. The molecule has 0 unspecified atom stereocenters. The second-order valence-corrected chi connectivity index (χ2v) is 11.0. The van der Waals surface area contributed by atoms with Gasteiger partial charge in [0.25, 0.3) is 11.8 Å². The normalized spacial score (nSPS) is 14.0. The second-order valence-electron chi connectivity index (χ2n) is 10.1. The fraction of sp³-hybridized carbons (Fsp3) is 0.312. The van der Waals surface area contributed by atoms with Crippen LogP contribution in [0.1, 0.15) is 65.0 Å². The number of carbonyl (C=O) groups is 4. The third-order valence-electron chi connectivity index (χ3n) is 7.19. The maximum Gasteiger partial charge on any atom is 0.261 e. The van der Waals surface area contributed by atoms with Crippen LogP contribution in [0.2, 0.25) is 0 Å². The maximum absolute atomic E-state index is 13.8. The highest BCUT2D eigenvalue weighted by molar-refractivity contribution is 9.10. The molecule has 0 saturated carbocycles. The Balaban J connectivity index is 1.54. The van der Waals surface area contributed by atoms with E-state index >= 15 is 0 Å². The van der Waals surface area contributed by atoms with Crippen LogP contribution in [0.3, 0.4) is 0 Å². The van der Waals surface area contributed by atoms with E-state index in [2.05, 4.69) is 21.2 Å². The number of carbonyl (C=O) groups excluding carboxylic acids is 4. The van der Waals surface area contributed by atoms with Crippen molar-refractivity contribution in [2.75, 3.05) is 6.54 Å². The predicted octanol–water partition coefficient (Wildman–Crippen LogP) is 5.38. The lowest BCUT2D eigenvalue weighted by Crippen LogP contribution is -2.52. The van der Waals surface area contributed by atoms with E-state index in [-0.39, 0.29) is 49.2 Å². The third-order valence-corrected chi connectivity index (χ3v) is 7.72. The van der Waals surface area contributed by atoms with Crippen LogP contribution in [0.25, 0.3) is 0 Å². The van der Waals surface area contributed by atoms with E-state index in [1.54, 1.807) is 29.2 Å². The lowest BCUT2D eigenvalue weighted by atomic mass is 10.0. The van der Waals surface area contributed by atoms with Crippen molar-refractivity contribution in [1.29, 1.82) is 0 Å². The number of rotatable bonds is 12. The van der Waals surface area contributed by atoms with Crippen molar-refractivity contribution in [3.8, 4) is 0 Å². The van der Waals surface area contributed by atoms with Crippen LogP contribution in [0.4, 0.5) is 0 Å². The fourth-order valence-corrected chi connectivity index (χ4v) is 5.02. The number of nitrogens with zero attached hydrogens (tertiary/aromatic N) is 2. The van der Waals surface area contributed by atoms with E-state index in [1.807, 2.05) is 68.4 Å². The molecule has 2 atom stereocenters. The molecule has 0 fully saturated rings. The molecular formula is C32H34BrN3O4. The standard InChI is InChI=1S/C32H34BrN3O4/c1-3-22(2)34-30(38)28(20-23-10-5-4-6-11-23)36(21-24-15-17-25(33)18-16-24)29(37)14-9-19-35-31(39)26-12-7-8-13-27(26)32(35)40/h4-8,10-13,15-18,22,28H,3,9,14,19-21H2,1-2H3,(H,34,38)/t22-,28+/m1/s1. The molecule has 3 aromatic rings. The van der Waals surface area contributed by atoms with Crippen LogP contribution >= 0.6 is 15.9 Å². The number of hydrogen-bond acceptors (Lipinski definition) is 4. The van der Waals surface area contributed by atoms with E-state index in [9.17, 15) is 19.2 Å². The molecule has 1 aliphatic rings. The first-order chi connectivity index (χ1) is 19.3. The molecule has 0 saturated heterocycles. The number of nitrogens with one attached hydrogen (secondary N) is 1. The Morgan fingerprint density at radius 2 is 1.48 bits per heavy atom. The maximum atomic E-state index is 13.8. The van der Waals surface area contributed by atoms with Gasteiger partial charge in [-0.2, -0.15) is 0 Å². The second kappa shape index (κ2) is 13.5. The number of halogens is 1. The SMILES string of the molecule is CC[C@@H](C)NC(=O)[C@H](Cc1ccccc1)N(Cc1ccc(Br)cc1)C(=O)CCCN1C(=O)c2ccccc2C1=O. The van der Waals surface area contributed by atoms with Gasteiger partial charge in [0.15, 0.2) is 0 Å². The molecule has 0 aliphatic carbocycles. The Hall–Kier alpha value is -3.78. The van der Waals surface area contributed by atoms with Gasteiger partial charge in [-0.1, -0.05) is 77.5 Å². The summed E-state index contributed by atoms with van der Waals surface area (Å²) in [5.74, 6) is -1.09. The minimum Gasteiger partial charge on any atom is -0.352 e. The Labute approximate surface area is 243 Å². The summed E-state index contributed by atoms with van der Waals surface area (Å²) in [4.78, 5) is 55.8. The highest BCUT2D eigenvalue weighted by atomic mass is 79.9. The molecule has 3 aromatic carbocycles. The van der Waals surface area contributed by atoms with E-state index in [0.29, 0.717) is 24.0 Å². The zero-order chi connectivity index (χ0) is 28.6. The van der Waals surface area contributed by atoms with Crippen molar-refractivity contribution in [2.45, 2.75) is 58.2 Å². The lowest BCUT2D eigenvalue weighted by molar-refractivity contribution is -0.141. The highest BCUT2D eigenvalue weighted by Gasteiger charge is 2.35. The molecule has 1 aliphatic heterocycles. The molecular weight excluding hydrogens is 570 g/mol. The Kier molecular flexibility index (Phi) is 9.88. The monoisotopic (exact) mass is 603 g/mol. The molecule has 208 valence electrons. The predicted molar refractivity (Wildman–Crippen MR) is 158 cm³/mol. The van der Waals surface area contributed by atoms with Gasteiger partial charge in [0.1, 0.15) is 6.04 Å². The van der Waals surface area contributed by atoms with Crippen LogP contribution in [0.5, 0.6) is 0 Å². The molecule has 0 bridgehead atoms. The van der Waals surface area contributed by atoms with Gasteiger partial charge in [0.2, 0.25) is 11.8 Å². The summed E-state index contributed by atoms with van der Waals surface area (Å²) in [7, 11) is 0. The molecule has 40 heavy (non-hydrogen) atoms. The third kappa shape index (κ3) is 7.04. The number of imide groups is 1. The van der Waals surface area contributed by atoms with Crippen LogP contribution in [-0.4, -0.2) is 52.1 Å². The summed E-state index contributed by atoms with van der Waals surface area (Å²) in [5.41, 5.74) is 2.62. The number of hydrogen-bond donors (Lipinski definition) is 1. The van der Waals surface area contributed by atoms with Gasteiger partial charge >= 0.3 is 0 Å². The Bertz CT molecular complexity index is 1330. The van der Waals surface area contributed by atoms with E-state index < -0.39 is 6.04 Å². The first kappa shape index (κ1) is 29.2. The van der Waals surface area contributed by atoms with Crippen LogP contribution in [0, 0.1) is 0 Å². The quantitative estimate of drug-likeness (QED) is 0.282. The van der Waals surface area contributed by atoms with Crippen molar-refractivity contribution < 1.29 is 19.2 Å². The van der Waals surface area contributed by atoms with Crippen LogP contribution in [-0.2, 0) is 22.6 Å². The fourth-order valence-electron chi connectivity index (χ4n) is 4.76. The van der Waals surface area contributed by atoms with E-state index in [1.165, 1.54) is 4.90 Å². The van der Waals surface area contributed by atoms with Crippen molar-refractivity contribution >= 4 is 39.6 Å². The minimum atomic E-state index is -0.730. The summed E-state index contributed by atoms with van der Waals surface area (Å²) >= 11 is 3.45. The zero-order valence-electron chi connectivity index (χ0n) is 22.8. The van der Waals surface area contributed by atoms with Gasteiger partial charge in [0.05, 0.1) is 11.1 Å². The van der Waals surface area contributed by atoms with E-state index in [4.69, 9.17) is 0 Å². The van der Waals surface area contributed by atoms with E-state index in [0.717, 1.165) is 22.0 Å². The first-order valence-corrected chi connectivity index (χ1v) is 14.4. The number of benzene rings is 3. The van der Waals surface area contributed by atoms with Crippen molar-refractivity contribution in [3.63, 3.8) is 0 Å². The van der Waals surface area contributed by atoms with Gasteiger partial charge in [-0.05, 0) is 55.2 Å². The summed E-state index contributed by atoms with van der Waals surface area (Å²) in [6, 6.07) is 23.3. The average Bonchev–Trinajstić information content (AvgIpc) is 3.21. The minimum absolute atomic E-state index is 0.0378. The number of fused-ring (bicyclic) bond motifs is 1. The molecule has 4 amide bonds. The molecule has 1 heterocycles. The molecule has 0 aromatic heterocycles. The van der Waals surface area contributed by atoms with Crippen molar-refractivity contribution in [2.24, 2.45) is 0 Å². The zero-order valence-corrected chi connectivity index (χ0v) is 24.4. The highest BCUT2D eigenvalue weighted by Crippen LogP contribution is 2.23. The first-order valence-electron chi connectivity index (χ1n) is 13.6. The molecule has 4 rings (SSSR count). The summed E-state index contributed by atoms with van der Waals surface area (Å²) in [5, 5.41) is 3.06. The molecule has 0 radical (unpaired) electrons. The van der Waals surface area contributed by atoms with Gasteiger partial charge in [0, 0.05) is 36.4 Å². The Morgan fingerprint density at radius 3 is 2.08 bits per heavy atom. The molecule has 8 heteroatoms.